The predicted octanol–water partition coefficient (Wildman–Crippen LogP) is 1.67. The molecule has 1 aliphatic heterocycles. The number of hydrogen-bond donors (Lipinski definition) is 1. The van der Waals surface area contributed by atoms with Gasteiger partial charge in [0.2, 0.25) is 0 Å². The van der Waals surface area contributed by atoms with Crippen molar-refractivity contribution >= 4 is 11.9 Å². The van der Waals surface area contributed by atoms with Crippen LogP contribution < -0.4 is 4.90 Å². The van der Waals surface area contributed by atoms with Crippen molar-refractivity contribution in [1.29, 1.82) is 0 Å². The quantitative estimate of drug-likeness (QED) is 0.731. The highest BCUT2D eigenvalue weighted by Gasteiger charge is 2.15. The third kappa shape index (κ3) is 1.71. The molecule has 74 valence electrons. The normalized spacial score (nSPS) is 21.2. The number of rotatable bonds is 1. The van der Waals surface area contributed by atoms with Crippen LogP contribution in [0.2, 0.25) is 0 Å². The Morgan fingerprint density at radius 1 is 1.36 bits per heavy atom. The summed E-state index contributed by atoms with van der Waals surface area (Å²) in [6.07, 6.45) is 1.94. The molecule has 1 atom stereocenters. The Kier molecular flexibility index (Phi) is 2.39. The Morgan fingerprint density at radius 2 is 2.07 bits per heavy atom. The summed E-state index contributed by atoms with van der Waals surface area (Å²) in [6, 6.07) is 7.74. The SMILES string of the molecule is CC1CN=CCN1c1ccc(O)cc1. The van der Waals surface area contributed by atoms with Gasteiger partial charge in [-0.15, -0.1) is 0 Å². The average molecular weight is 190 g/mol. The van der Waals surface area contributed by atoms with E-state index in [1.807, 2.05) is 18.3 Å². The summed E-state index contributed by atoms with van der Waals surface area (Å²) in [5.74, 6) is 0.312. The van der Waals surface area contributed by atoms with Crippen LogP contribution in [0, 0.1) is 0 Å². The number of nitrogens with zero attached hydrogens (tertiary/aromatic N) is 2. The van der Waals surface area contributed by atoms with Crippen LogP contribution in [0.25, 0.3) is 0 Å². The maximum atomic E-state index is 9.18. The van der Waals surface area contributed by atoms with E-state index in [1.54, 1.807) is 12.1 Å². The van der Waals surface area contributed by atoms with Gasteiger partial charge >= 0.3 is 0 Å². The van der Waals surface area contributed by atoms with Crippen molar-refractivity contribution < 1.29 is 5.11 Å². The van der Waals surface area contributed by atoms with Gasteiger partial charge in [0.15, 0.2) is 0 Å². The Hall–Kier alpha value is -1.51. The molecule has 0 saturated heterocycles. The second-order valence-electron chi connectivity index (χ2n) is 3.57. The molecule has 3 nitrogen and oxygen atoms in total. The Labute approximate surface area is 83.7 Å². The molecule has 1 aromatic carbocycles. The van der Waals surface area contributed by atoms with Gasteiger partial charge in [-0.3, -0.25) is 4.99 Å². The van der Waals surface area contributed by atoms with Crippen molar-refractivity contribution in [2.75, 3.05) is 18.0 Å². The van der Waals surface area contributed by atoms with Crippen molar-refractivity contribution in [1.82, 2.24) is 0 Å². The lowest BCUT2D eigenvalue weighted by atomic mass is 10.2. The first-order chi connectivity index (χ1) is 6.77. The van der Waals surface area contributed by atoms with Crippen molar-refractivity contribution in [3.8, 4) is 5.75 Å². The van der Waals surface area contributed by atoms with Crippen molar-refractivity contribution in [3.05, 3.63) is 24.3 Å². The minimum Gasteiger partial charge on any atom is -0.508 e. The molecular weight excluding hydrogens is 176 g/mol. The first-order valence-electron chi connectivity index (χ1n) is 4.81. The molecule has 1 unspecified atom stereocenters. The third-order valence-electron chi connectivity index (χ3n) is 2.49. The van der Waals surface area contributed by atoms with Crippen molar-refractivity contribution in [3.63, 3.8) is 0 Å². The molecule has 0 bridgehead atoms. The fraction of sp³-hybridized carbons (Fsp3) is 0.364. The minimum atomic E-state index is 0.312. The maximum absolute atomic E-state index is 9.18. The average Bonchev–Trinajstić information content (AvgIpc) is 2.20. The van der Waals surface area contributed by atoms with Crippen LogP contribution in [0.15, 0.2) is 29.3 Å². The first-order valence-corrected chi connectivity index (χ1v) is 4.81. The summed E-state index contributed by atoms with van der Waals surface area (Å²) >= 11 is 0. The fourth-order valence-electron chi connectivity index (χ4n) is 1.66. The fourth-order valence-corrected chi connectivity index (χ4v) is 1.66. The molecule has 0 saturated carbocycles. The van der Waals surface area contributed by atoms with E-state index in [4.69, 9.17) is 0 Å². The zero-order valence-electron chi connectivity index (χ0n) is 8.22. The number of benzene rings is 1. The van der Waals surface area contributed by atoms with Crippen LogP contribution in [0.5, 0.6) is 5.75 Å². The molecule has 3 heteroatoms. The van der Waals surface area contributed by atoms with Crippen LogP contribution >= 0.6 is 0 Å². The highest BCUT2D eigenvalue weighted by Crippen LogP contribution is 2.21. The van der Waals surface area contributed by atoms with E-state index in [0.29, 0.717) is 11.8 Å². The number of hydrogen-bond acceptors (Lipinski definition) is 3. The number of phenols is 1. The number of aliphatic imine (C=N–C) groups is 1. The largest absolute Gasteiger partial charge is 0.508 e. The van der Waals surface area contributed by atoms with E-state index in [-0.39, 0.29) is 0 Å². The summed E-state index contributed by atoms with van der Waals surface area (Å²) < 4.78 is 0. The number of phenolic OH excluding ortho intramolecular Hbond substituents is 1. The van der Waals surface area contributed by atoms with E-state index < -0.39 is 0 Å². The van der Waals surface area contributed by atoms with Gasteiger partial charge in [0.05, 0.1) is 13.1 Å². The second kappa shape index (κ2) is 3.70. The van der Waals surface area contributed by atoms with Gasteiger partial charge in [0.25, 0.3) is 0 Å². The Morgan fingerprint density at radius 3 is 2.71 bits per heavy atom. The third-order valence-corrected chi connectivity index (χ3v) is 2.49. The van der Waals surface area contributed by atoms with E-state index in [0.717, 1.165) is 18.8 Å². The van der Waals surface area contributed by atoms with Gasteiger partial charge in [-0.2, -0.15) is 0 Å². The lowest BCUT2D eigenvalue weighted by molar-refractivity contribution is 0.475. The lowest BCUT2D eigenvalue weighted by Gasteiger charge is -2.31. The van der Waals surface area contributed by atoms with Gasteiger partial charge in [-0.1, -0.05) is 0 Å². The monoisotopic (exact) mass is 190 g/mol. The highest BCUT2D eigenvalue weighted by atomic mass is 16.3. The Balaban J connectivity index is 2.21. The molecule has 0 radical (unpaired) electrons. The summed E-state index contributed by atoms with van der Waals surface area (Å²) in [5, 5.41) is 9.18. The number of aromatic hydroxyl groups is 1. The molecule has 1 heterocycles. The Bertz CT molecular complexity index is 332. The van der Waals surface area contributed by atoms with Gasteiger partial charge in [0, 0.05) is 17.9 Å². The number of anilines is 1. The van der Waals surface area contributed by atoms with Gasteiger partial charge in [-0.25, -0.2) is 0 Å². The molecule has 14 heavy (non-hydrogen) atoms. The van der Waals surface area contributed by atoms with Crippen LogP contribution in [-0.4, -0.2) is 30.5 Å². The summed E-state index contributed by atoms with van der Waals surface area (Å²) in [4.78, 5) is 6.51. The zero-order chi connectivity index (χ0) is 9.97. The molecule has 0 amide bonds. The minimum absolute atomic E-state index is 0.312. The van der Waals surface area contributed by atoms with Gasteiger partial charge in [0.1, 0.15) is 5.75 Å². The molecule has 2 rings (SSSR count). The molecule has 0 aliphatic carbocycles. The van der Waals surface area contributed by atoms with Crippen LogP contribution in [0.1, 0.15) is 6.92 Å². The van der Waals surface area contributed by atoms with E-state index in [9.17, 15) is 5.11 Å². The smallest absolute Gasteiger partial charge is 0.115 e. The van der Waals surface area contributed by atoms with Crippen LogP contribution in [0.4, 0.5) is 5.69 Å². The lowest BCUT2D eigenvalue weighted by Crippen LogP contribution is -2.39. The molecule has 0 fully saturated rings. The van der Waals surface area contributed by atoms with Crippen LogP contribution in [-0.2, 0) is 0 Å². The maximum Gasteiger partial charge on any atom is 0.115 e. The van der Waals surface area contributed by atoms with E-state index in [1.165, 1.54) is 0 Å². The molecule has 1 aliphatic rings. The second-order valence-corrected chi connectivity index (χ2v) is 3.57. The van der Waals surface area contributed by atoms with E-state index in [2.05, 4.69) is 16.8 Å². The summed E-state index contributed by atoms with van der Waals surface area (Å²) in [5.41, 5.74) is 1.14. The zero-order valence-corrected chi connectivity index (χ0v) is 8.22. The standard InChI is InChI=1S/C11H14N2O/c1-9-8-12-6-7-13(9)10-2-4-11(14)5-3-10/h2-6,9,14H,7-8H2,1H3. The molecule has 0 aromatic heterocycles. The molecule has 1 N–H and O–H groups in total. The molecule has 0 spiro atoms. The molecule has 1 aromatic rings. The summed E-state index contributed by atoms with van der Waals surface area (Å²) in [6.45, 7) is 3.86. The molecular formula is C11H14N2O. The van der Waals surface area contributed by atoms with Crippen LogP contribution in [0.3, 0.4) is 0 Å². The van der Waals surface area contributed by atoms with Gasteiger partial charge in [-0.05, 0) is 31.2 Å². The van der Waals surface area contributed by atoms with Gasteiger partial charge < -0.3 is 10.0 Å². The summed E-state index contributed by atoms with van der Waals surface area (Å²) in [7, 11) is 0. The van der Waals surface area contributed by atoms with E-state index >= 15 is 0 Å². The topological polar surface area (TPSA) is 35.8 Å². The van der Waals surface area contributed by atoms with Crippen molar-refractivity contribution in [2.24, 2.45) is 4.99 Å². The highest BCUT2D eigenvalue weighted by molar-refractivity contribution is 5.68. The predicted molar refractivity (Wildman–Crippen MR) is 58.3 cm³/mol. The first kappa shape index (κ1) is 9.06. The van der Waals surface area contributed by atoms with Crippen molar-refractivity contribution in [2.45, 2.75) is 13.0 Å².